The van der Waals surface area contributed by atoms with Gasteiger partial charge in [-0.05, 0) is 43.6 Å². The maximum atomic E-state index is 3.54. The van der Waals surface area contributed by atoms with Gasteiger partial charge in [-0.1, -0.05) is 32.0 Å². The minimum atomic E-state index is 1.00. The highest BCUT2D eigenvalue weighted by Crippen LogP contribution is 2.32. The summed E-state index contributed by atoms with van der Waals surface area (Å²) in [5, 5.41) is 4.97. The smallest absolute Gasteiger partial charge is 0.0349 e. The lowest BCUT2D eigenvalue weighted by molar-refractivity contribution is 0.346. The van der Waals surface area contributed by atoms with Gasteiger partial charge in [0.05, 0.1) is 0 Å². The molecule has 0 aliphatic carbocycles. The van der Waals surface area contributed by atoms with E-state index in [1.165, 1.54) is 26.9 Å². The van der Waals surface area contributed by atoms with Gasteiger partial charge in [-0.15, -0.1) is 11.3 Å². The normalized spacial score (nSPS) is 11.6. The van der Waals surface area contributed by atoms with Crippen LogP contribution in [0.2, 0.25) is 0 Å². The van der Waals surface area contributed by atoms with Crippen LogP contribution in [-0.2, 0) is 13.1 Å². The van der Waals surface area contributed by atoms with Gasteiger partial charge in [0.15, 0.2) is 0 Å². The Hall–Kier alpha value is -0.900. The van der Waals surface area contributed by atoms with E-state index in [1.807, 2.05) is 11.3 Å². The molecule has 0 amide bonds. The Balaban J connectivity index is 2.28. The third-order valence-electron chi connectivity index (χ3n) is 3.46. The Labute approximate surface area is 120 Å². The lowest BCUT2D eigenvalue weighted by atomic mass is 10.1. The fourth-order valence-corrected chi connectivity index (χ4v) is 3.41. The topological polar surface area (TPSA) is 15.3 Å². The molecule has 0 unspecified atom stereocenters. The van der Waals surface area contributed by atoms with Crippen LogP contribution in [0.1, 0.15) is 30.7 Å². The molecule has 0 aliphatic heterocycles. The lowest BCUT2D eigenvalue weighted by Crippen LogP contribution is -2.19. The average Bonchev–Trinajstić information content (AvgIpc) is 2.77. The molecule has 104 valence electrons. The molecular formula is C16H24N2S. The summed E-state index contributed by atoms with van der Waals surface area (Å²) in [6.45, 7) is 8.65. The minimum Gasteiger partial charge on any atom is -0.312 e. The molecule has 0 saturated carbocycles. The molecule has 0 atom stereocenters. The third kappa shape index (κ3) is 3.56. The van der Waals surface area contributed by atoms with Crippen LogP contribution in [0.5, 0.6) is 0 Å². The van der Waals surface area contributed by atoms with Gasteiger partial charge in [-0.2, -0.15) is 0 Å². The SMILES string of the molecule is CCCNCc1sc2ccccc2c1CN(C)CC. The first-order valence-electron chi connectivity index (χ1n) is 7.14. The Bertz CT molecular complexity index is 518. The van der Waals surface area contributed by atoms with Gasteiger partial charge in [-0.3, -0.25) is 0 Å². The maximum absolute atomic E-state index is 3.54. The number of fused-ring (bicyclic) bond motifs is 1. The lowest BCUT2D eigenvalue weighted by Gasteiger charge is -2.15. The van der Waals surface area contributed by atoms with Crippen LogP contribution in [0.15, 0.2) is 24.3 Å². The number of nitrogens with zero attached hydrogens (tertiary/aromatic N) is 1. The summed E-state index contributed by atoms with van der Waals surface area (Å²) in [4.78, 5) is 3.87. The third-order valence-corrected chi connectivity index (χ3v) is 4.68. The van der Waals surface area contributed by atoms with Crippen molar-refractivity contribution >= 4 is 21.4 Å². The number of benzene rings is 1. The molecule has 2 rings (SSSR count). The van der Waals surface area contributed by atoms with Crippen LogP contribution >= 0.6 is 11.3 Å². The number of rotatable bonds is 7. The van der Waals surface area contributed by atoms with Gasteiger partial charge in [0.25, 0.3) is 0 Å². The predicted molar refractivity (Wildman–Crippen MR) is 85.8 cm³/mol. The van der Waals surface area contributed by atoms with Crippen LogP contribution in [-0.4, -0.2) is 25.0 Å². The van der Waals surface area contributed by atoms with Gasteiger partial charge in [-0.25, -0.2) is 0 Å². The number of nitrogens with one attached hydrogen (secondary N) is 1. The molecule has 0 saturated heterocycles. The van der Waals surface area contributed by atoms with E-state index in [2.05, 4.69) is 55.4 Å². The number of hydrogen-bond acceptors (Lipinski definition) is 3. The largest absolute Gasteiger partial charge is 0.312 e. The summed E-state index contributed by atoms with van der Waals surface area (Å²) in [5.41, 5.74) is 1.51. The van der Waals surface area contributed by atoms with Crippen molar-refractivity contribution in [1.82, 2.24) is 10.2 Å². The fourth-order valence-electron chi connectivity index (χ4n) is 2.23. The summed E-state index contributed by atoms with van der Waals surface area (Å²) in [7, 11) is 2.19. The van der Waals surface area contributed by atoms with E-state index >= 15 is 0 Å². The molecule has 0 aliphatic rings. The molecule has 1 heterocycles. The Kier molecular flexibility index (Phi) is 5.37. The Morgan fingerprint density at radius 2 is 2.00 bits per heavy atom. The van der Waals surface area contributed by atoms with Gasteiger partial charge in [0.2, 0.25) is 0 Å². The summed E-state index contributed by atoms with van der Waals surface area (Å²) >= 11 is 1.94. The van der Waals surface area contributed by atoms with Crippen molar-refractivity contribution in [2.24, 2.45) is 0 Å². The van der Waals surface area contributed by atoms with Gasteiger partial charge >= 0.3 is 0 Å². The average molecular weight is 276 g/mol. The fraction of sp³-hybridized carbons (Fsp3) is 0.500. The van der Waals surface area contributed by atoms with E-state index in [1.54, 1.807) is 0 Å². The number of hydrogen-bond donors (Lipinski definition) is 1. The van der Waals surface area contributed by atoms with Gasteiger partial charge in [0, 0.05) is 22.7 Å². The minimum absolute atomic E-state index is 1.00. The maximum Gasteiger partial charge on any atom is 0.0349 e. The van der Waals surface area contributed by atoms with Crippen LogP contribution in [0.4, 0.5) is 0 Å². The van der Waals surface area contributed by atoms with E-state index < -0.39 is 0 Å². The van der Waals surface area contributed by atoms with Crippen LogP contribution in [0, 0.1) is 0 Å². The molecule has 0 fully saturated rings. The molecule has 0 bridgehead atoms. The van der Waals surface area contributed by atoms with Crippen LogP contribution in [0.3, 0.4) is 0 Å². The second-order valence-corrected chi connectivity index (χ2v) is 6.14. The first-order chi connectivity index (χ1) is 9.26. The summed E-state index contributed by atoms with van der Waals surface area (Å²) in [6, 6.07) is 8.77. The molecule has 3 heteroatoms. The van der Waals surface area contributed by atoms with E-state index in [-0.39, 0.29) is 0 Å². The van der Waals surface area contributed by atoms with Gasteiger partial charge in [0.1, 0.15) is 0 Å². The highest BCUT2D eigenvalue weighted by Gasteiger charge is 2.12. The summed E-state index contributed by atoms with van der Waals surface area (Å²) < 4.78 is 1.41. The highest BCUT2D eigenvalue weighted by atomic mass is 32.1. The van der Waals surface area contributed by atoms with Crippen molar-refractivity contribution in [3.63, 3.8) is 0 Å². The summed E-state index contributed by atoms with van der Waals surface area (Å²) in [5.74, 6) is 0. The Morgan fingerprint density at radius 3 is 2.74 bits per heavy atom. The van der Waals surface area contributed by atoms with Crippen molar-refractivity contribution in [1.29, 1.82) is 0 Å². The molecule has 19 heavy (non-hydrogen) atoms. The zero-order chi connectivity index (χ0) is 13.7. The second kappa shape index (κ2) is 7.04. The first kappa shape index (κ1) is 14.5. The molecule has 2 nitrogen and oxygen atoms in total. The highest BCUT2D eigenvalue weighted by molar-refractivity contribution is 7.19. The van der Waals surface area contributed by atoms with Gasteiger partial charge < -0.3 is 10.2 Å². The molecule has 0 spiro atoms. The van der Waals surface area contributed by atoms with Crippen LogP contribution in [0.25, 0.3) is 10.1 Å². The van der Waals surface area contributed by atoms with Crippen molar-refractivity contribution in [3.05, 3.63) is 34.7 Å². The van der Waals surface area contributed by atoms with E-state index in [9.17, 15) is 0 Å². The summed E-state index contributed by atoms with van der Waals surface area (Å²) in [6.07, 6.45) is 1.19. The molecule has 2 aromatic rings. The van der Waals surface area contributed by atoms with E-state index in [0.29, 0.717) is 0 Å². The quantitative estimate of drug-likeness (QED) is 0.773. The molecular weight excluding hydrogens is 252 g/mol. The first-order valence-corrected chi connectivity index (χ1v) is 7.96. The molecule has 1 aromatic heterocycles. The van der Waals surface area contributed by atoms with Crippen molar-refractivity contribution in [2.45, 2.75) is 33.4 Å². The zero-order valence-electron chi connectivity index (χ0n) is 12.2. The zero-order valence-corrected chi connectivity index (χ0v) is 13.0. The molecule has 1 aromatic carbocycles. The monoisotopic (exact) mass is 276 g/mol. The van der Waals surface area contributed by atoms with E-state index in [0.717, 1.165) is 26.2 Å². The molecule has 0 radical (unpaired) electrons. The Morgan fingerprint density at radius 1 is 1.21 bits per heavy atom. The van der Waals surface area contributed by atoms with Crippen molar-refractivity contribution in [3.8, 4) is 0 Å². The van der Waals surface area contributed by atoms with E-state index in [4.69, 9.17) is 0 Å². The number of thiophene rings is 1. The van der Waals surface area contributed by atoms with Crippen LogP contribution < -0.4 is 5.32 Å². The van der Waals surface area contributed by atoms with Crippen molar-refractivity contribution in [2.75, 3.05) is 20.1 Å². The van der Waals surface area contributed by atoms with Crippen molar-refractivity contribution < 1.29 is 0 Å². The second-order valence-electron chi connectivity index (χ2n) is 5.01. The molecule has 1 N–H and O–H groups in total. The predicted octanol–water partition coefficient (Wildman–Crippen LogP) is 3.85. The standard InChI is InChI=1S/C16H24N2S/c1-4-10-17-11-16-14(12-18(3)5-2)13-8-6-7-9-15(13)19-16/h6-9,17H,4-5,10-12H2,1-3H3.